The van der Waals surface area contributed by atoms with Gasteiger partial charge in [0.25, 0.3) is 0 Å². The van der Waals surface area contributed by atoms with E-state index in [1.807, 2.05) is 24.3 Å². The number of amides is 1. The zero-order valence-electron chi connectivity index (χ0n) is 13.2. The summed E-state index contributed by atoms with van der Waals surface area (Å²) in [6.45, 7) is 5.19. The molecule has 1 fully saturated rings. The van der Waals surface area contributed by atoms with Crippen molar-refractivity contribution in [1.82, 2.24) is 10.6 Å². The quantitative estimate of drug-likeness (QED) is 0.587. The van der Waals surface area contributed by atoms with E-state index >= 15 is 0 Å². The van der Waals surface area contributed by atoms with Crippen molar-refractivity contribution in [2.24, 2.45) is 5.41 Å². The van der Waals surface area contributed by atoms with E-state index in [4.69, 9.17) is 11.6 Å². The van der Waals surface area contributed by atoms with Crippen LogP contribution in [0.3, 0.4) is 0 Å². The Morgan fingerprint density at radius 3 is 2.68 bits per heavy atom. The predicted octanol–water partition coefficient (Wildman–Crippen LogP) is 3.72. The zero-order chi connectivity index (χ0) is 15.8. The normalized spacial score (nSPS) is 17.2. The van der Waals surface area contributed by atoms with Crippen LogP contribution in [0.2, 0.25) is 5.02 Å². The second-order valence-corrected chi connectivity index (χ2v) is 7.85. The number of benzene rings is 1. The largest absolute Gasteiger partial charge is 0.356 e. The summed E-state index contributed by atoms with van der Waals surface area (Å²) in [6, 6.07) is 7.84. The molecule has 2 N–H and O–H groups in total. The summed E-state index contributed by atoms with van der Waals surface area (Å²) in [7, 11) is 0. The molecule has 0 aromatic heterocycles. The van der Waals surface area contributed by atoms with Crippen LogP contribution in [0.5, 0.6) is 0 Å². The van der Waals surface area contributed by atoms with Gasteiger partial charge in [0, 0.05) is 22.9 Å². The Kier molecular flexibility index (Phi) is 7.06. The van der Waals surface area contributed by atoms with Gasteiger partial charge in [0.1, 0.15) is 0 Å². The summed E-state index contributed by atoms with van der Waals surface area (Å²) in [5.41, 5.74) is 0.263. The average Bonchev–Trinajstić information content (AvgIpc) is 2.52. The molecule has 0 spiro atoms. The van der Waals surface area contributed by atoms with E-state index in [2.05, 4.69) is 17.6 Å². The number of nitrogens with one attached hydrogen (secondary N) is 2. The number of carbonyl (C=O) groups excluding carboxylic acids is 1. The highest BCUT2D eigenvalue weighted by atomic mass is 35.5. The van der Waals surface area contributed by atoms with E-state index in [0.29, 0.717) is 6.42 Å². The zero-order valence-corrected chi connectivity index (χ0v) is 14.7. The number of hydrogen-bond acceptors (Lipinski definition) is 3. The molecule has 22 heavy (non-hydrogen) atoms. The van der Waals surface area contributed by atoms with Crippen LogP contribution in [-0.2, 0) is 4.79 Å². The first kappa shape index (κ1) is 17.6. The van der Waals surface area contributed by atoms with Crippen LogP contribution in [0.1, 0.15) is 32.6 Å². The minimum absolute atomic E-state index is 0.177. The van der Waals surface area contributed by atoms with Crippen LogP contribution in [0.4, 0.5) is 0 Å². The Labute approximate surface area is 142 Å². The number of rotatable bonds is 7. The van der Waals surface area contributed by atoms with Crippen molar-refractivity contribution in [1.29, 1.82) is 0 Å². The van der Waals surface area contributed by atoms with Crippen molar-refractivity contribution in [3.8, 4) is 0 Å². The molecule has 3 nitrogen and oxygen atoms in total. The molecule has 1 aromatic carbocycles. The monoisotopic (exact) mass is 340 g/mol. The van der Waals surface area contributed by atoms with Crippen molar-refractivity contribution < 1.29 is 4.79 Å². The van der Waals surface area contributed by atoms with Gasteiger partial charge in [-0.05, 0) is 67.8 Å². The third kappa shape index (κ3) is 6.19. The Bertz CT molecular complexity index is 472. The SMILES string of the molecule is CC1(CNC(=O)CCCSc2ccc(Cl)cc2)CCNCC1. The van der Waals surface area contributed by atoms with Crippen LogP contribution in [0.15, 0.2) is 29.2 Å². The second kappa shape index (κ2) is 8.80. The lowest BCUT2D eigenvalue weighted by molar-refractivity contribution is -0.121. The van der Waals surface area contributed by atoms with E-state index < -0.39 is 0 Å². The lowest BCUT2D eigenvalue weighted by Gasteiger charge is -2.34. The van der Waals surface area contributed by atoms with Crippen molar-refractivity contribution in [2.45, 2.75) is 37.5 Å². The molecule has 0 saturated carbocycles. The maximum Gasteiger partial charge on any atom is 0.220 e. The van der Waals surface area contributed by atoms with Gasteiger partial charge in [-0.25, -0.2) is 0 Å². The van der Waals surface area contributed by atoms with Crippen molar-refractivity contribution >= 4 is 29.3 Å². The fourth-order valence-electron chi connectivity index (χ4n) is 2.56. The molecular formula is C17H25ClN2OS. The minimum atomic E-state index is 0.177. The van der Waals surface area contributed by atoms with E-state index in [1.54, 1.807) is 11.8 Å². The third-order valence-electron chi connectivity index (χ3n) is 4.15. The van der Waals surface area contributed by atoms with E-state index in [-0.39, 0.29) is 11.3 Å². The Morgan fingerprint density at radius 2 is 2.00 bits per heavy atom. The van der Waals surface area contributed by atoms with Crippen molar-refractivity contribution in [3.05, 3.63) is 29.3 Å². The maximum absolute atomic E-state index is 11.9. The molecule has 2 rings (SSSR count). The van der Waals surface area contributed by atoms with Crippen LogP contribution in [0.25, 0.3) is 0 Å². The standard InChI is InChI=1S/C17H25ClN2OS/c1-17(8-10-19-11-9-17)13-20-16(21)3-2-12-22-15-6-4-14(18)5-7-15/h4-7,19H,2-3,8-13H2,1H3,(H,20,21). The number of halogens is 1. The van der Waals surface area contributed by atoms with Gasteiger partial charge in [-0.1, -0.05) is 18.5 Å². The Balaban J connectivity index is 1.58. The predicted molar refractivity (Wildman–Crippen MR) is 94.6 cm³/mol. The number of hydrogen-bond donors (Lipinski definition) is 2. The first-order valence-electron chi connectivity index (χ1n) is 7.93. The fraction of sp³-hybridized carbons (Fsp3) is 0.588. The van der Waals surface area contributed by atoms with Gasteiger partial charge < -0.3 is 10.6 Å². The lowest BCUT2D eigenvalue weighted by atomic mass is 9.81. The van der Waals surface area contributed by atoms with Crippen molar-refractivity contribution in [3.63, 3.8) is 0 Å². The maximum atomic E-state index is 11.9. The molecule has 1 saturated heterocycles. The molecule has 1 aliphatic rings. The molecule has 1 aliphatic heterocycles. The summed E-state index contributed by atoms with van der Waals surface area (Å²) in [5, 5.41) is 7.23. The molecule has 1 heterocycles. The molecule has 0 atom stereocenters. The molecule has 0 unspecified atom stereocenters. The lowest BCUT2D eigenvalue weighted by Crippen LogP contribution is -2.42. The minimum Gasteiger partial charge on any atom is -0.356 e. The van der Waals surface area contributed by atoms with Gasteiger partial charge >= 0.3 is 0 Å². The highest BCUT2D eigenvalue weighted by Crippen LogP contribution is 2.26. The van der Waals surface area contributed by atoms with E-state index in [0.717, 1.165) is 49.7 Å². The van der Waals surface area contributed by atoms with Gasteiger partial charge in [-0.15, -0.1) is 11.8 Å². The van der Waals surface area contributed by atoms with E-state index in [1.165, 1.54) is 4.90 Å². The van der Waals surface area contributed by atoms with Gasteiger partial charge in [0.05, 0.1) is 0 Å². The van der Waals surface area contributed by atoms with Gasteiger partial charge in [-0.2, -0.15) is 0 Å². The molecule has 1 aromatic rings. The highest BCUT2D eigenvalue weighted by Gasteiger charge is 2.26. The topological polar surface area (TPSA) is 41.1 Å². The Hall–Kier alpha value is -0.710. The first-order valence-corrected chi connectivity index (χ1v) is 9.30. The smallest absolute Gasteiger partial charge is 0.220 e. The fourth-order valence-corrected chi connectivity index (χ4v) is 3.54. The summed E-state index contributed by atoms with van der Waals surface area (Å²) in [4.78, 5) is 13.1. The summed E-state index contributed by atoms with van der Waals surface area (Å²) in [6.07, 6.45) is 3.78. The summed E-state index contributed by atoms with van der Waals surface area (Å²) in [5.74, 6) is 1.13. The number of carbonyl (C=O) groups is 1. The second-order valence-electron chi connectivity index (χ2n) is 6.24. The number of thioether (sulfide) groups is 1. The molecule has 122 valence electrons. The van der Waals surface area contributed by atoms with Crippen LogP contribution < -0.4 is 10.6 Å². The molecule has 1 amide bonds. The first-order chi connectivity index (χ1) is 10.6. The summed E-state index contributed by atoms with van der Waals surface area (Å²) < 4.78 is 0. The number of piperidine rings is 1. The van der Waals surface area contributed by atoms with Gasteiger partial charge in [-0.3, -0.25) is 4.79 Å². The average molecular weight is 341 g/mol. The van der Waals surface area contributed by atoms with Crippen LogP contribution in [-0.4, -0.2) is 31.3 Å². The molecule has 0 bridgehead atoms. The molecule has 0 radical (unpaired) electrons. The molecular weight excluding hydrogens is 316 g/mol. The van der Waals surface area contributed by atoms with Gasteiger partial charge in [0.15, 0.2) is 0 Å². The molecule has 5 heteroatoms. The van der Waals surface area contributed by atoms with Gasteiger partial charge in [0.2, 0.25) is 5.91 Å². The molecule has 0 aliphatic carbocycles. The van der Waals surface area contributed by atoms with Crippen molar-refractivity contribution in [2.75, 3.05) is 25.4 Å². The highest BCUT2D eigenvalue weighted by molar-refractivity contribution is 7.99. The summed E-state index contributed by atoms with van der Waals surface area (Å²) >= 11 is 7.63. The van der Waals surface area contributed by atoms with Crippen LogP contribution in [0, 0.1) is 5.41 Å². The third-order valence-corrected chi connectivity index (χ3v) is 5.50. The Morgan fingerprint density at radius 1 is 1.32 bits per heavy atom. The van der Waals surface area contributed by atoms with E-state index in [9.17, 15) is 4.79 Å². The van der Waals surface area contributed by atoms with Crippen LogP contribution >= 0.6 is 23.4 Å².